The Balaban J connectivity index is 1.95. The van der Waals surface area contributed by atoms with Crippen molar-refractivity contribution in [2.24, 2.45) is 4.99 Å². The van der Waals surface area contributed by atoms with Crippen LogP contribution in [-0.4, -0.2) is 40.0 Å². The molecule has 160 valence electrons. The first-order chi connectivity index (χ1) is 14.4. The van der Waals surface area contributed by atoms with Crippen molar-refractivity contribution >= 4 is 27.9 Å². The number of hydrogen-bond donors (Lipinski definition) is 0. The van der Waals surface area contributed by atoms with E-state index in [-0.39, 0.29) is 29.3 Å². The molecule has 8 heteroatoms. The minimum atomic E-state index is -3.66. The molecule has 1 unspecified atom stereocenters. The third kappa shape index (κ3) is 4.87. The fourth-order valence-corrected chi connectivity index (χ4v) is 4.54. The van der Waals surface area contributed by atoms with Crippen molar-refractivity contribution < 1.29 is 22.3 Å². The minimum Gasteiger partial charge on any atom is -0.465 e. The largest absolute Gasteiger partial charge is 0.465 e. The van der Waals surface area contributed by atoms with Gasteiger partial charge in [0.15, 0.2) is 0 Å². The molecule has 1 aliphatic heterocycles. The van der Waals surface area contributed by atoms with E-state index in [0.29, 0.717) is 5.69 Å². The molecule has 0 aliphatic carbocycles. The number of sulfonamides is 1. The van der Waals surface area contributed by atoms with Gasteiger partial charge in [0.05, 0.1) is 30.7 Å². The van der Waals surface area contributed by atoms with Crippen LogP contribution in [0.25, 0.3) is 0 Å². The van der Waals surface area contributed by atoms with Crippen molar-refractivity contribution in [1.29, 1.82) is 0 Å². The maximum atomic E-state index is 14.6. The molecule has 0 fully saturated rings. The molecule has 0 amide bonds. The topological polar surface area (TPSA) is 76.0 Å². The van der Waals surface area contributed by atoms with Crippen LogP contribution < -0.4 is 4.31 Å². The summed E-state index contributed by atoms with van der Waals surface area (Å²) in [4.78, 5) is 15.9. The summed E-state index contributed by atoms with van der Waals surface area (Å²) in [5.74, 6) is -1.14. The highest BCUT2D eigenvalue weighted by Crippen LogP contribution is 2.30. The molecule has 2 aromatic carbocycles. The van der Waals surface area contributed by atoms with Crippen LogP contribution in [0.4, 0.5) is 10.1 Å². The number of rotatable bonds is 7. The van der Waals surface area contributed by atoms with E-state index in [4.69, 9.17) is 0 Å². The summed E-state index contributed by atoms with van der Waals surface area (Å²) in [5, 5.41) is 0. The van der Waals surface area contributed by atoms with Crippen molar-refractivity contribution in [2.75, 3.05) is 23.7 Å². The monoisotopic (exact) mass is 432 g/mol. The maximum absolute atomic E-state index is 14.6. The standard InChI is InChI=1S/C22H25FN2O4S/c1-3-30(27,28)25(15-19-8-7-18(14-21(19)23)22(26)29-2)20-6-4-5-17(13-20)16-9-11-24-12-10-16/h4-8,11,13-14,16H,3,9-10,12,15H2,1-2H3. The SMILES string of the molecule is CCS(=O)(=O)N(Cc1ccc(C(=O)OC)cc1F)c1cccc(C2CC=NCC2)c1. The van der Waals surface area contributed by atoms with Crippen LogP contribution in [0.2, 0.25) is 0 Å². The maximum Gasteiger partial charge on any atom is 0.337 e. The number of benzene rings is 2. The van der Waals surface area contributed by atoms with E-state index in [0.717, 1.165) is 31.0 Å². The molecule has 2 aromatic rings. The first-order valence-electron chi connectivity index (χ1n) is 9.81. The molecule has 1 aliphatic rings. The molecule has 0 saturated heterocycles. The summed E-state index contributed by atoms with van der Waals surface area (Å²) in [6.45, 7) is 2.14. The molecular weight excluding hydrogens is 407 g/mol. The van der Waals surface area contributed by atoms with Crippen molar-refractivity contribution in [2.45, 2.75) is 32.2 Å². The molecule has 1 atom stereocenters. The predicted molar refractivity (Wildman–Crippen MR) is 115 cm³/mol. The molecule has 0 spiro atoms. The number of ether oxygens (including phenoxy) is 1. The number of methoxy groups -OCH3 is 1. The van der Waals surface area contributed by atoms with Gasteiger partial charge in [0.1, 0.15) is 5.82 Å². The van der Waals surface area contributed by atoms with E-state index in [1.807, 2.05) is 24.4 Å². The van der Waals surface area contributed by atoms with Crippen molar-refractivity contribution in [3.8, 4) is 0 Å². The lowest BCUT2D eigenvalue weighted by molar-refractivity contribution is 0.0600. The Kier molecular flexibility index (Phi) is 6.87. The lowest BCUT2D eigenvalue weighted by Gasteiger charge is -2.26. The van der Waals surface area contributed by atoms with Crippen LogP contribution in [0.15, 0.2) is 47.5 Å². The Morgan fingerprint density at radius 3 is 2.70 bits per heavy atom. The van der Waals surface area contributed by atoms with Gasteiger partial charge in [0.25, 0.3) is 0 Å². The van der Waals surface area contributed by atoms with Crippen LogP contribution in [-0.2, 0) is 21.3 Å². The molecule has 6 nitrogen and oxygen atoms in total. The van der Waals surface area contributed by atoms with Crippen LogP contribution in [0.5, 0.6) is 0 Å². The highest BCUT2D eigenvalue weighted by atomic mass is 32.2. The zero-order valence-electron chi connectivity index (χ0n) is 17.0. The zero-order valence-corrected chi connectivity index (χ0v) is 17.9. The molecule has 0 bridgehead atoms. The summed E-state index contributed by atoms with van der Waals surface area (Å²) in [6, 6.07) is 11.3. The quantitative estimate of drug-likeness (QED) is 0.622. The average molecular weight is 433 g/mol. The van der Waals surface area contributed by atoms with Gasteiger partial charge in [-0.1, -0.05) is 18.2 Å². The summed E-state index contributed by atoms with van der Waals surface area (Å²) in [6.07, 6.45) is 3.62. The van der Waals surface area contributed by atoms with E-state index in [1.54, 1.807) is 13.0 Å². The Labute approximate surface area is 176 Å². The van der Waals surface area contributed by atoms with Crippen LogP contribution in [0.3, 0.4) is 0 Å². The second-order valence-electron chi connectivity index (χ2n) is 7.11. The summed E-state index contributed by atoms with van der Waals surface area (Å²) >= 11 is 0. The van der Waals surface area contributed by atoms with Crippen LogP contribution in [0.1, 0.15) is 47.2 Å². The molecule has 0 saturated carbocycles. The van der Waals surface area contributed by atoms with Gasteiger partial charge in [-0.3, -0.25) is 9.30 Å². The first kappa shape index (κ1) is 22.0. The molecular formula is C22H25FN2O4S. The van der Waals surface area contributed by atoms with Gasteiger partial charge in [0, 0.05) is 12.1 Å². The molecule has 3 rings (SSSR count). The van der Waals surface area contributed by atoms with Crippen molar-refractivity contribution in [3.63, 3.8) is 0 Å². The average Bonchev–Trinajstić information content (AvgIpc) is 2.78. The summed E-state index contributed by atoms with van der Waals surface area (Å²) < 4.78 is 46.1. The van der Waals surface area contributed by atoms with E-state index in [9.17, 15) is 17.6 Å². The van der Waals surface area contributed by atoms with E-state index >= 15 is 0 Å². The smallest absolute Gasteiger partial charge is 0.337 e. The van der Waals surface area contributed by atoms with Crippen molar-refractivity contribution in [1.82, 2.24) is 0 Å². The third-order valence-electron chi connectivity index (χ3n) is 5.24. The fourth-order valence-electron chi connectivity index (χ4n) is 3.46. The summed E-state index contributed by atoms with van der Waals surface area (Å²) in [7, 11) is -2.44. The molecule has 0 aromatic heterocycles. The fraction of sp³-hybridized carbons (Fsp3) is 0.364. The number of carbonyl (C=O) groups excluding carboxylic acids is 1. The second kappa shape index (κ2) is 9.38. The number of aliphatic imine (C=N–C) groups is 1. The predicted octanol–water partition coefficient (Wildman–Crippen LogP) is 3.92. The van der Waals surface area contributed by atoms with Crippen molar-refractivity contribution in [3.05, 3.63) is 65.0 Å². The second-order valence-corrected chi connectivity index (χ2v) is 9.29. The number of anilines is 1. The Bertz CT molecular complexity index is 1050. The Morgan fingerprint density at radius 1 is 1.27 bits per heavy atom. The van der Waals surface area contributed by atoms with Gasteiger partial charge in [0.2, 0.25) is 10.0 Å². The number of esters is 1. The number of hydrogen-bond acceptors (Lipinski definition) is 5. The number of halogens is 1. The van der Waals surface area contributed by atoms with Gasteiger partial charge >= 0.3 is 5.97 Å². The zero-order chi connectivity index (χ0) is 21.7. The number of nitrogens with zero attached hydrogens (tertiary/aromatic N) is 2. The van der Waals surface area contributed by atoms with Gasteiger partial charge in [-0.2, -0.15) is 0 Å². The Morgan fingerprint density at radius 2 is 2.07 bits per heavy atom. The van der Waals surface area contributed by atoms with E-state index in [2.05, 4.69) is 9.73 Å². The van der Waals surface area contributed by atoms with E-state index in [1.165, 1.54) is 23.5 Å². The minimum absolute atomic E-state index is 0.0737. The highest BCUT2D eigenvalue weighted by molar-refractivity contribution is 7.92. The van der Waals surface area contributed by atoms with Gasteiger partial charge in [-0.25, -0.2) is 17.6 Å². The lowest BCUT2D eigenvalue weighted by Crippen LogP contribution is -2.32. The molecule has 0 radical (unpaired) electrons. The number of carbonyl (C=O) groups is 1. The molecule has 30 heavy (non-hydrogen) atoms. The lowest BCUT2D eigenvalue weighted by atomic mass is 9.91. The first-order valence-corrected chi connectivity index (χ1v) is 11.4. The van der Waals surface area contributed by atoms with Gasteiger partial charge in [-0.05, 0) is 61.7 Å². The van der Waals surface area contributed by atoms with E-state index < -0.39 is 21.8 Å². The highest BCUT2D eigenvalue weighted by Gasteiger charge is 2.24. The van der Waals surface area contributed by atoms with Gasteiger partial charge in [-0.15, -0.1) is 0 Å². The summed E-state index contributed by atoms with van der Waals surface area (Å²) in [5.41, 5.74) is 1.78. The Hall–Kier alpha value is -2.74. The van der Waals surface area contributed by atoms with Crippen LogP contribution >= 0.6 is 0 Å². The molecule has 0 N–H and O–H groups in total. The normalized spacial score (nSPS) is 16.3. The van der Waals surface area contributed by atoms with Gasteiger partial charge < -0.3 is 4.74 Å². The van der Waals surface area contributed by atoms with Crippen LogP contribution in [0, 0.1) is 5.82 Å². The third-order valence-corrected chi connectivity index (χ3v) is 6.99. The molecule has 1 heterocycles.